The maximum Gasteiger partial charge on any atom is 0.335 e. The first-order valence-corrected chi connectivity index (χ1v) is 6.78. The molecule has 1 aromatic carbocycles. The Kier molecular flexibility index (Phi) is 6.36. The summed E-state index contributed by atoms with van der Waals surface area (Å²) in [6, 6.07) is 7.51. The van der Waals surface area contributed by atoms with Gasteiger partial charge in [-0.1, -0.05) is 6.07 Å². The van der Waals surface area contributed by atoms with Crippen molar-refractivity contribution in [2.75, 3.05) is 25.5 Å². The molecule has 0 spiro atoms. The zero-order valence-electron chi connectivity index (χ0n) is 12.0. The number of carboxylic acid groups (broad SMARTS) is 1. The van der Waals surface area contributed by atoms with Crippen molar-refractivity contribution >= 4 is 11.7 Å². The maximum atomic E-state index is 10.8. The quantitative estimate of drug-likeness (QED) is 0.709. The van der Waals surface area contributed by atoms with E-state index in [1.165, 1.54) is 0 Å². The van der Waals surface area contributed by atoms with Crippen LogP contribution in [0.4, 0.5) is 5.69 Å². The number of nitrogens with one attached hydrogen (secondary N) is 1. The van der Waals surface area contributed by atoms with E-state index in [-0.39, 0.29) is 0 Å². The van der Waals surface area contributed by atoms with Gasteiger partial charge >= 0.3 is 5.97 Å². The van der Waals surface area contributed by atoms with Gasteiger partial charge in [-0.05, 0) is 58.5 Å². The average molecular weight is 264 g/mol. The van der Waals surface area contributed by atoms with Gasteiger partial charge in [-0.25, -0.2) is 4.79 Å². The van der Waals surface area contributed by atoms with Crippen LogP contribution in [0.5, 0.6) is 0 Å². The third-order valence-corrected chi connectivity index (χ3v) is 3.26. The molecule has 0 aromatic heterocycles. The van der Waals surface area contributed by atoms with E-state index in [1.54, 1.807) is 18.2 Å². The molecule has 1 rings (SSSR count). The molecule has 0 amide bonds. The summed E-state index contributed by atoms with van der Waals surface area (Å²) in [5.74, 6) is -0.887. The van der Waals surface area contributed by atoms with Gasteiger partial charge in [-0.2, -0.15) is 0 Å². The minimum Gasteiger partial charge on any atom is -0.478 e. The number of carbonyl (C=O) groups is 1. The Bertz CT molecular complexity index is 405. The van der Waals surface area contributed by atoms with Crippen LogP contribution < -0.4 is 5.32 Å². The molecule has 0 aliphatic carbocycles. The Morgan fingerprint density at radius 2 is 2.11 bits per heavy atom. The van der Waals surface area contributed by atoms with Gasteiger partial charge in [-0.15, -0.1) is 0 Å². The number of rotatable bonds is 8. The molecule has 0 heterocycles. The van der Waals surface area contributed by atoms with Crippen molar-refractivity contribution < 1.29 is 9.90 Å². The molecule has 0 saturated heterocycles. The summed E-state index contributed by atoms with van der Waals surface area (Å²) in [6.07, 6.45) is 2.22. The molecule has 2 N–H and O–H groups in total. The zero-order valence-corrected chi connectivity index (χ0v) is 12.0. The molecule has 4 heteroatoms. The van der Waals surface area contributed by atoms with Crippen LogP contribution in [0.3, 0.4) is 0 Å². The van der Waals surface area contributed by atoms with E-state index in [9.17, 15) is 4.79 Å². The number of hydrogen-bond donors (Lipinski definition) is 2. The lowest BCUT2D eigenvalue weighted by atomic mass is 10.2. The van der Waals surface area contributed by atoms with E-state index in [1.807, 2.05) is 6.07 Å². The molecule has 0 aliphatic rings. The smallest absolute Gasteiger partial charge is 0.335 e. The van der Waals surface area contributed by atoms with E-state index in [0.717, 1.165) is 31.6 Å². The predicted molar refractivity (Wildman–Crippen MR) is 78.9 cm³/mol. The third kappa shape index (κ3) is 5.75. The molecule has 0 saturated carbocycles. The molecular weight excluding hydrogens is 240 g/mol. The number of carboxylic acids is 1. The lowest BCUT2D eigenvalue weighted by molar-refractivity contribution is 0.0697. The molecule has 0 bridgehead atoms. The van der Waals surface area contributed by atoms with Gasteiger partial charge in [0.1, 0.15) is 0 Å². The van der Waals surface area contributed by atoms with Gasteiger partial charge in [0.2, 0.25) is 0 Å². The highest BCUT2D eigenvalue weighted by molar-refractivity contribution is 5.88. The summed E-state index contributed by atoms with van der Waals surface area (Å²) in [5, 5.41) is 12.2. The van der Waals surface area contributed by atoms with Crippen molar-refractivity contribution in [3.63, 3.8) is 0 Å². The minimum atomic E-state index is -0.887. The fourth-order valence-corrected chi connectivity index (χ4v) is 1.74. The highest BCUT2D eigenvalue weighted by Crippen LogP contribution is 2.10. The van der Waals surface area contributed by atoms with Crippen molar-refractivity contribution in [1.29, 1.82) is 0 Å². The van der Waals surface area contributed by atoms with Crippen LogP contribution in [-0.2, 0) is 0 Å². The second-order valence-electron chi connectivity index (χ2n) is 5.09. The fraction of sp³-hybridized carbons (Fsp3) is 0.533. The Balaban J connectivity index is 2.26. The first kappa shape index (κ1) is 15.5. The summed E-state index contributed by atoms with van der Waals surface area (Å²) in [4.78, 5) is 13.2. The zero-order chi connectivity index (χ0) is 14.3. The lowest BCUT2D eigenvalue weighted by Crippen LogP contribution is -2.27. The van der Waals surface area contributed by atoms with Crippen LogP contribution in [0.15, 0.2) is 24.3 Å². The summed E-state index contributed by atoms with van der Waals surface area (Å²) < 4.78 is 0. The van der Waals surface area contributed by atoms with E-state index in [0.29, 0.717) is 11.6 Å². The summed E-state index contributed by atoms with van der Waals surface area (Å²) in [7, 11) is 2.13. The summed E-state index contributed by atoms with van der Waals surface area (Å²) in [5.41, 5.74) is 1.20. The molecule has 0 atom stereocenters. The van der Waals surface area contributed by atoms with Crippen LogP contribution in [0.25, 0.3) is 0 Å². The second kappa shape index (κ2) is 7.79. The van der Waals surface area contributed by atoms with Gasteiger partial charge in [0.05, 0.1) is 5.56 Å². The standard InChI is InChI=1S/C15H24N2O2/c1-12(2)17(3)10-5-4-9-16-14-8-6-7-13(11-14)15(18)19/h6-8,11-12,16H,4-5,9-10H2,1-3H3,(H,18,19). The van der Waals surface area contributed by atoms with E-state index in [2.05, 4.69) is 31.1 Å². The van der Waals surface area contributed by atoms with Crippen LogP contribution in [-0.4, -0.2) is 42.2 Å². The maximum absolute atomic E-state index is 10.8. The third-order valence-electron chi connectivity index (χ3n) is 3.26. The SMILES string of the molecule is CC(C)N(C)CCCCNc1cccc(C(=O)O)c1. The highest BCUT2D eigenvalue weighted by atomic mass is 16.4. The summed E-state index contributed by atoms with van der Waals surface area (Å²) in [6.45, 7) is 6.34. The van der Waals surface area contributed by atoms with E-state index in [4.69, 9.17) is 5.11 Å². The fourth-order valence-electron chi connectivity index (χ4n) is 1.74. The van der Waals surface area contributed by atoms with Crippen LogP contribution in [0, 0.1) is 0 Å². The van der Waals surface area contributed by atoms with Crippen molar-refractivity contribution in [3.05, 3.63) is 29.8 Å². The second-order valence-corrected chi connectivity index (χ2v) is 5.09. The largest absolute Gasteiger partial charge is 0.478 e. The van der Waals surface area contributed by atoms with Gasteiger partial charge in [0.15, 0.2) is 0 Å². The lowest BCUT2D eigenvalue weighted by Gasteiger charge is -2.20. The highest BCUT2D eigenvalue weighted by Gasteiger charge is 2.03. The van der Waals surface area contributed by atoms with Crippen molar-refractivity contribution in [1.82, 2.24) is 4.90 Å². The van der Waals surface area contributed by atoms with Crippen molar-refractivity contribution in [2.45, 2.75) is 32.7 Å². The van der Waals surface area contributed by atoms with E-state index >= 15 is 0 Å². The first-order valence-electron chi connectivity index (χ1n) is 6.78. The Labute approximate surface area is 115 Å². The predicted octanol–water partition coefficient (Wildman–Crippen LogP) is 2.92. The van der Waals surface area contributed by atoms with Gasteiger partial charge in [0, 0.05) is 18.3 Å². The summed E-state index contributed by atoms with van der Waals surface area (Å²) >= 11 is 0. The first-order chi connectivity index (χ1) is 9.00. The molecule has 1 aromatic rings. The molecule has 0 unspecified atom stereocenters. The Hall–Kier alpha value is -1.55. The van der Waals surface area contributed by atoms with E-state index < -0.39 is 5.97 Å². The van der Waals surface area contributed by atoms with Crippen molar-refractivity contribution in [2.24, 2.45) is 0 Å². The van der Waals surface area contributed by atoms with Gasteiger partial charge in [0.25, 0.3) is 0 Å². The number of hydrogen-bond acceptors (Lipinski definition) is 3. The molecule has 0 fully saturated rings. The topological polar surface area (TPSA) is 52.6 Å². The van der Waals surface area contributed by atoms with Gasteiger partial charge < -0.3 is 15.3 Å². The number of benzene rings is 1. The van der Waals surface area contributed by atoms with Crippen LogP contribution in [0.2, 0.25) is 0 Å². The molecule has 19 heavy (non-hydrogen) atoms. The minimum absolute atomic E-state index is 0.324. The Morgan fingerprint density at radius 3 is 2.74 bits per heavy atom. The molecule has 4 nitrogen and oxygen atoms in total. The average Bonchev–Trinajstić information content (AvgIpc) is 2.38. The van der Waals surface area contributed by atoms with Gasteiger partial charge in [-0.3, -0.25) is 0 Å². The van der Waals surface area contributed by atoms with Crippen LogP contribution >= 0.6 is 0 Å². The molecule has 0 radical (unpaired) electrons. The normalized spacial score (nSPS) is 11.0. The number of unbranched alkanes of at least 4 members (excludes halogenated alkanes) is 1. The number of anilines is 1. The molecule has 0 aliphatic heterocycles. The number of nitrogens with zero attached hydrogens (tertiary/aromatic N) is 1. The molecular formula is C15H24N2O2. The number of aromatic carboxylic acids is 1. The van der Waals surface area contributed by atoms with Crippen molar-refractivity contribution in [3.8, 4) is 0 Å². The monoisotopic (exact) mass is 264 g/mol. The Morgan fingerprint density at radius 1 is 1.37 bits per heavy atom. The molecule has 106 valence electrons. The van der Waals surface area contributed by atoms with Crippen LogP contribution in [0.1, 0.15) is 37.0 Å².